The van der Waals surface area contributed by atoms with E-state index in [0.29, 0.717) is 29.4 Å². The van der Waals surface area contributed by atoms with Crippen molar-refractivity contribution in [3.63, 3.8) is 0 Å². The van der Waals surface area contributed by atoms with Gasteiger partial charge in [-0.15, -0.1) is 0 Å². The van der Waals surface area contributed by atoms with Crippen molar-refractivity contribution >= 4 is 17.4 Å². The van der Waals surface area contributed by atoms with E-state index >= 15 is 0 Å². The van der Waals surface area contributed by atoms with Crippen molar-refractivity contribution in [3.05, 3.63) is 64.7 Å². The predicted molar refractivity (Wildman–Crippen MR) is 121 cm³/mol. The van der Waals surface area contributed by atoms with Gasteiger partial charge in [0.2, 0.25) is 0 Å². The SMILES string of the molecule is COCCN1C(=O)C(=O)C(=C(O)c2ccc(OCC(C)C)c(C)c2)[C@H]1c1ccc(O)cc1. The summed E-state index contributed by atoms with van der Waals surface area (Å²) in [6.07, 6.45) is 0. The second-order valence-corrected chi connectivity index (χ2v) is 8.26. The van der Waals surface area contributed by atoms with E-state index in [4.69, 9.17) is 9.47 Å². The highest BCUT2D eigenvalue weighted by atomic mass is 16.5. The molecule has 32 heavy (non-hydrogen) atoms. The summed E-state index contributed by atoms with van der Waals surface area (Å²) in [4.78, 5) is 27.1. The molecule has 1 atom stereocenters. The fourth-order valence-corrected chi connectivity index (χ4v) is 3.67. The number of hydrogen-bond donors (Lipinski definition) is 2. The smallest absolute Gasteiger partial charge is 0.295 e. The normalized spacial score (nSPS) is 17.9. The molecular weight excluding hydrogens is 410 g/mol. The van der Waals surface area contributed by atoms with Gasteiger partial charge in [-0.25, -0.2) is 0 Å². The maximum absolute atomic E-state index is 12.9. The molecule has 0 spiro atoms. The maximum Gasteiger partial charge on any atom is 0.295 e. The summed E-state index contributed by atoms with van der Waals surface area (Å²) in [6.45, 7) is 6.97. The molecule has 7 nitrogen and oxygen atoms in total. The number of nitrogens with zero attached hydrogens (tertiary/aromatic N) is 1. The first-order chi connectivity index (χ1) is 15.2. The van der Waals surface area contributed by atoms with Crippen molar-refractivity contribution in [1.82, 2.24) is 4.90 Å². The minimum Gasteiger partial charge on any atom is -0.508 e. The minimum absolute atomic E-state index is 0.00652. The number of aryl methyl sites for hydroxylation is 1. The molecule has 0 aliphatic carbocycles. The van der Waals surface area contributed by atoms with E-state index in [1.54, 1.807) is 30.3 Å². The highest BCUT2D eigenvalue weighted by Gasteiger charge is 2.45. The molecule has 1 aliphatic heterocycles. The van der Waals surface area contributed by atoms with Crippen LogP contribution in [0.1, 0.15) is 36.6 Å². The molecule has 0 saturated carbocycles. The Morgan fingerprint density at radius 1 is 1.12 bits per heavy atom. The highest BCUT2D eigenvalue weighted by Crippen LogP contribution is 2.40. The summed E-state index contributed by atoms with van der Waals surface area (Å²) < 4.78 is 10.9. The van der Waals surface area contributed by atoms with Gasteiger partial charge in [-0.1, -0.05) is 26.0 Å². The molecule has 1 saturated heterocycles. The van der Waals surface area contributed by atoms with Crippen LogP contribution >= 0.6 is 0 Å². The van der Waals surface area contributed by atoms with E-state index in [1.807, 2.05) is 6.92 Å². The van der Waals surface area contributed by atoms with Gasteiger partial charge in [-0.05, 0) is 54.3 Å². The number of phenols is 1. The fraction of sp³-hybridized carbons (Fsp3) is 0.360. The number of aromatic hydroxyl groups is 1. The van der Waals surface area contributed by atoms with Gasteiger partial charge in [-0.3, -0.25) is 9.59 Å². The van der Waals surface area contributed by atoms with Crippen LogP contribution in [0.15, 0.2) is 48.0 Å². The lowest BCUT2D eigenvalue weighted by molar-refractivity contribution is -0.140. The number of rotatable bonds is 8. The zero-order valence-electron chi connectivity index (χ0n) is 18.8. The fourth-order valence-electron chi connectivity index (χ4n) is 3.67. The number of phenolic OH excluding ortho intramolecular Hbond substituents is 1. The monoisotopic (exact) mass is 439 g/mol. The molecule has 1 aliphatic rings. The maximum atomic E-state index is 12.9. The predicted octanol–water partition coefficient (Wildman–Crippen LogP) is 3.80. The molecule has 1 fully saturated rings. The number of amides is 1. The average molecular weight is 440 g/mol. The molecule has 2 aromatic carbocycles. The second-order valence-electron chi connectivity index (χ2n) is 8.26. The molecule has 2 N–H and O–H groups in total. The molecular formula is C25H29NO6. The van der Waals surface area contributed by atoms with Crippen LogP contribution in [0.2, 0.25) is 0 Å². The Labute approximate surface area is 187 Å². The molecule has 2 aromatic rings. The first-order valence-corrected chi connectivity index (χ1v) is 10.5. The number of methoxy groups -OCH3 is 1. The zero-order valence-corrected chi connectivity index (χ0v) is 18.8. The number of ether oxygens (including phenoxy) is 2. The Kier molecular flexibility index (Phi) is 7.20. The third kappa shape index (κ3) is 4.78. The van der Waals surface area contributed by atoms with Gasteiger partial charge < -0.3 is 24.6 Å². The molecule has 7 heteroatoms. The molecule has 0 unspecified atom stereocenters. The van der Waals surface area contributed by atoms with Crippen molar-refractivity contribution in [1.29, 1.82) is 0 Å². The van der Waals surface area contributed by atoms with Crippen LogP contribution in [0.5, 0.6) is 11.5 Å². The summed E-state index contributed by atoms with van der Waals surface area (Å²) >= 11 is 0. The standard InChI is InChI=1S/C25H29NO6/c1-15(2)14-32-20-10-7-18(13-16(20)3)23(28)21-22(17-5-8-19(27)9-6-17)26(11-12-31-4)25(30)24(21)29/h5-10,13,15,22,27-28H,11-12,14H2,1-4H3/t22-/m1/s1. The van der Waals surface area contributed by atoms with Crippen molar-refractivity contribution in [2.45, 2.75) is 26.8 Å². The Morgan fingerprint density at radius 2 is 1.81 bits per heavy atom. The van der Waals surface area contributed by atoms with Gasteiger partial charge in [0.1, 0.15) is 17.3 Å². The largest absolute Gasteiger partial charge is 0.508 e. The summed E-state index contributed by atoms with van der Waals surface area (Å²) in [7, 11) is 1.51. The molecule has 1 amide bonds. The number of carbonyl (C=O) groups is 2. The highest BCUT2D eigenvalue weighted by molar-refractivity contribution is 6.46. The Hall–Kier alpha value is -3.32. The van der Waals surface area contributed by atoms with Crippen LogP contribution in [0, 0.1) is 12.8 Å². The lowest BCUT2D eigenvalue weighted by Crippen LogP contribution is -2.32. The van der Waals surface area contributed by atoms with Gasteiger partial charge in [-0.2, -0.15) is 0 Å². The van der Waals surface area contributed by atoms with E-state index in [0.717, 1.165) is 5.56 Å². The van der Waals surface area contributed by atoms with Crippen LogP contribution in [0.25, 0.3) is 5.76 Å². The molecule has 0 aromatic heterocycles. The van der Waals surface area contributed by atoms with Crippen molar-refractivity contribution in [2.75, 3.05) is 26.9 Å². The number of aliphatic hydroxyl groups is 1. The summed E-state index contributed by atoms with van der Waals surface area (Å²) in [5, 5.41) is 20.8. The van der Waals surface area contributed by atoms with Crippen LogP contribution in [-0.2, 0) is 14.3 Å². The summed E-state index contributed by atoms with van der Waals surface area (Å²) in [5.41, 5.74) is 1.85. The van der Waals surface area contributed by atoms with E-state index in [-0.39, 0.29) is 30.2 Å². The number of hydrogen-bond acceptors (Lipinski definition) is 6. The Balaban J connectivity index is 2.06. The van der Waals surface area contributed by atoms with Gasteiger partial charge in [0, 0.05) is 19.2 Å². The van der Waals surface area contributed by atoms with Gasteiger partial charge in [0.05, 0.1) is 24.8 Å². The van der Waals surface area contributed by atoms with E-state index in [9.17, 15) is 19.8 Å². The summed E-state index contributed by atoms with van der Waals surface area (Å²) in [5.74, 6) is -0.568. The number of aliphatic hydroxyl groups excluding tert-OH is 1. The van der Waals surface area contributed by atoms with E-state index in [1.165, 1.54) is 24.1 Å². The number of likely N-dealkylation sites (tertiary alicyclic amines) is 1. The molecule has 0 bridgehead atoms. The third-order valence-electron chi connectivity index (χ3n) is 5.31. The van der Waals surface area contributed by atoms with Gasteiger partial charge >= 0.3 is 0 Å². The van der Waals surface area contributed by atoms with E-state index < -0.39 is 17.7 Å². The van der Waals surface area contributed by atoms with Crippen LogP contribution < -0.4 is 4.74 Å². The summed E-state index contributed by atoms with van der Waals surface area (Å²) in [6, 6.07) is 10.6. The number of carbonyl (C=O) groups excluding carboxylic acids is 2. The molecule has 1 heterocycles. The number of benzene rings is 2. The number of Topliss-reactive ketones (excluding diaryl/α,β-unsaturated/α-hetero) is 1. The molecule has 3 rings (SSSR count). The van der Waals surface area contributed by atoms with Gasteiger partial charge in [0.15, 0.2) is 0 Å². The lowest BCUT2D eigenvalue weighted by atomic mass is 9.94. The lowest BCUT2D eigenvalue weighted by Gasteiger charge is -2.25. The zero-order chi connectivity index (χ0) is 23.4. The molecule has 0 radical (unpaired) electrons. The average Bonchev–Trinajstić information content (AvgIpc) is 3.01. The van der Waals surface area contributed by atoms with Crippen molar-refractivity contribution in [3.8, 4) is 11.5 Å². The quantitative estimate of drug-likeness (QED) is 0.369. The number of ketones is 1. The second kappa shape index (κ2) is 9.87. The Morgan fingerprint density at radius 3 is 2.41 bits per heavy atom. The van der Waals surface area contributed by atoms with Crippen molar-refractivity contribution in [2.24, 2.45) is 5.92 Å². The van der Waals surface area contributed by atoms with Crippen LogP contribution in [-0.4, -0.2) is 53.7 Å². The Bertz CT molecular complexity index is 1030. The van der Waals surface area contributed by atoms with E-state index in [2.05, 4.69) is 13.8 Å². The topological polar surface area (TPSA) is 96.3 Å². The minimum atomic E-state index is -0.789. The van der Waals surface area contributed by atoms with Gasteiger partial charge in [0.25, 0.3) is 11.7 Å². The first kappa shape index (κ1) is 23.3. The third-order valence-corrected chi connectivity index (χ3v) is 5.31. The van der Waals surface area contributed by atoms with Crippen molar-refractivity contribution < 1.29 is 29.3 Å². The molecule has 170 valence electrons. The van der Waals surface area contributed by atoms with Crippen LogP contribution in [0.4, 0.5) is 0 Å². The first-order valence-electron chi connectivity index (χ1n) is 10.5. The van der Waals surface area contributed by atoms with Crippen LogP contribution in [0.3, 0.4) is 0 Å².